The van der Waals surface area contributed by atoms with E-state index < -0.39 is 0 Å². The molecule has 0 saturated heterocycles. The minimum Gasteiger partial charge on any atom is -0.465 e. The maximum atomic E-state index is 12.2. The van der Waals surface area contributed by atoms with Gasteiger partial charge in [-0.05, 0) is 95.0 Å². The van der Waals surface area contributed by atoms with E-state index in [0.29, 0.717) is 17.8 Å². The number of furan rings is 1. The van der Waals surface area contributed by atoms with Crippen LogP contribution in [-0.4, -0.2) is 41.0 Å². The normalized spacial score (nSPS) is 23.5. The van der Waals surface area contributed by atoms with Crippen molar-refractivity contribution < 1.29 is 9.21 Å². The highest BCUT2D eigenvalue weighted by molar-refractivity contribution is 7.15. The van der Waals surface area contributed by atoms with Crippen LogP contribution >= 0.6 is 11.3 Å². The fourth-order valence-corrected chi connectivity index (χ4v) is 6.14. The van der Waals surface area contributed by atoms with Crippen LogP contribution in [0, 0.1) is 5.92 Å². The van der Waals surface area contributed by atoms with Crippen molar-refractivity contribution in [1.82, 2.24) is 15.2 Å². The Kier molecular flexibility index (Phi) is 8.03. The zero-order valence-corrected chi connectivity index (χ0v) is 19.9. The van der Waals surface area contributed by atoms with Crippen molar-refractivity contribution in [2.75, 3.05) is 18.8 Å². The molecule has 2 aliphatic rings. The van der Waals surface area contributed by atoms with E-state index in [9.17, 15) is 4.79 Å². The second kappa shape index (κ2) is 11.1. The fraction of sp³-hybridized carbons (Fsp3) is 0.600. The highest BCUT2D eigenvalue weighted by Gasteiger charge is 2.28. The number of nitrogens with one attached hydrogen (secondary N) is 1. The van der Waals surface area contributed by atoms with Gasteiger partial charge >= 0.3 is 0 Å². The first-order valence-electron chi connectivity index (χ1n) is 12.1. The molecule has 0 bridgehead atoms. The Bertz CT molecular complexity index is 884. The van der Waals surface area contributed by atoms with Crippen molar-refractivity contribution in [3.8, 4) is 0 Å². The van der Waals surface area contributed by atoms with Gasteiger partial charge in [0.05, 0.1) is 12.0 Å². The average Bonchev–Trinajstić information content (AvgIpc) is 3.44. The zero-order chi connectivity index (χ0) is 22.3. The molecule has 2 aliphatic carbocycles. The van der Waals surface area contributed by atoms with Crippen LogP contribution in [0.25, 0.3) is 6.08 Å². The summed E-state index contributed by atoms with van der Waals surface area (Å²) >= 11 is 1.68. The molecule has 32 heavy (non-hydrogen) atoms. The number of carbonyl (C=O) groups excluding carboxylic acids is 1. The molecule has 0 aromatic carbocycles. The van der Waals surface area contributed by atoms with Crippen LogP contribution in [0.4, 0.5) is 5.13 Å². The van der Waals surface area contributed by atoms with Gasteiger partial charge in [-0.2, -0.15) is 0 Å². The third-order valence-electron chi connectivity index (χ3n) is 6.92. The number of hydrogen-bond donors (Lipinski definition) is 2. The lowest BCUT2D eigenvalue weighted by atomic mass is 9.83. The van der Waals surface area contributed by atoms with Crippen molar-refractivity contribution in [2.45, 2.75) is 76.8 Å². The quantitative estimate of drug-likeness (QED) is 0.536. The van der Waals surface area contributed by atoms with Crippen molar-refractivity contribution in [1.29, 1.82) is 0 Å². The van der Waals surface area contributed by atoms with Crippen molar-refractivity contribution in [3.63, 3.8) is 0 Å². The summed E-state index contributed by atoms with van der Waals surface area (Å²) in [6.07, 6.45) is 15.3. The van der Waals surface area contributed by atoms with Crippen LogP contribution in [0.15, 0.2) is 28.9 Å². The van der Waals surface area contributed by atoms with E-state index in [-0.39, 0.29) is 5.91 Å². The van der Waals surface area contributed by atoms with Gasteiger partial charge in [0.1, 0.15) is 5.76 Å². The molecule has 0 aliphatic heterocycles. The minimum absolute atomic E-state index is 0.0284. The number of nitrogens with zero attached hydrogens (tertiary/aromatic N) is 2. The maximum absolute atomic E-state index is 12.2. The summed E-state index contributed by atoms with van der Waals surface area (Å²) in [5.41, 5.74) is 7.17. The Morgan fingerprint density at radius 2 is 2.16 bits per heavy atom. The smallest absolute Gasteiger partial charge is 0.244 e. The highest BCUT2D eigenvalue weighted by Crippen LogP contribution is 2.32. The van der Waals surface area contributed by atoms with Gasteiger partial charge < -0.3 is 20.4 Å². The standard InChI is InChI=1S/C25H36N4O2S/c1-2-14-29(20-9-11-22-23(17-20)32-25(26)28-22)15-13-18-5-7-19(8-6-18)27-24(30)12-10-21-4-3-16-31-21/h3-4,10,12,16,18-20H,2,5-9,11,13-15,17H2,1H3,(H2,26,28)(H,27,30). The van der Waals surface area contributed by atoms with Crippen LogP contribution in [0.3, 0.4) is 0 Å². The van der Waals surface area contributed by atoms with Gasteiger partial charge in [0.25, 0.3) is 0 Å². The van der Waals surface area contributed by atoms with Crippen LogP contribution in [0.5, 0.6) is 0 Å². The number of aromatic nitrogens is 1. The van der Waals surface area contributed by atoms with E-state index in [2.05, 4.69) is 22.1 Å². The molecule has 3 N–H and O–H groups in total. The summed E-state index contributed by atoms with van der Waals surface area (Å²) in [4.78, 5) is 20.8. The molecule has 7 heteroatoms. The number of fused-ring (bicyclic) bond motifs is 1. The van der Waals surface area contributed by atoms with Gasteiger partial charge in [-0.15, -0.1) is 11.3 Å². The second-order valence-electron chi connectivity index (χ2n) is 9.22. The average molecular weight is 457 g/mol. The minimum atomic E-state index is -0.0284. The van der Waals surface area contributed by atoms with Gasteiger partial charge in [-0.3, -0.25) is 4.79 Å². The number of nitrogens with two attached hydrogens (primary N) is 1. The van der Waals surface area contributed by atoms with E-state index in [1.165, 1.54) is 55.8 Å². The summed E-state index contributed by atoms with van der Waals surface area (Å²) in [6.45, 7) is 4.62. The first kappa shape index (κ1) is 23.1. The maximum Gasteiger partial charge on any atom is 0.244 e. The molecule has 0 spiro atoms. The number of nitrogen functional groups attached to an aromatic ring is 1. The molecule has 1 saturated carbocycles. The van der Waals surface area contributed by atoms with E-state index in [0.717, 1.165) is 36.7 Å². The largest absolute Gasteiger partial charge is 0.465 e. The summed E-state index contributed by atoms with van der Waals surface area (Å²) in [5.74, 6) is 1.44. The van der Waals surface area contributed by atoms with Crippen molar-refractivity contribution in [2.24, 2.45) is 5.92 Å². The zero-order valence-electron chi connectivity index (χ0n) is 19.1. The van der Waals surface area contributed by atoms with Crippen LogP contribution in [0.1, 0.15) is 68.2 Å². The first-order chi connectivity index (χ1) is 15.6. The molecule has 1 atom stereocenters. The SMILES string of the molecule is CCCN(CCC1CCC(NC(=O)C=Cc2ccco2)CC1)C1CCc2nc(N)sc2C1. The molecule has 1 unspecified atom stereocenters. The number of amides is 1. The van der Waals surface area contributed by atoms with Crippen molar-refractivity contribution >= 4 is 28.5 Å². The van der Waals surface area contributed by atoms with Crippen LogP contribution in [-0.2, 0) is 17.6 Å². The highest BCUT2D eigenvalue weighted by atomic mass is 32.1. The van der Waals surface area contributed by atoms with Gasteiger partial charge in [-0.25, -0.2) is 4.98 Å². The molecule has 2 aromatic rings. The third-order valence-corrected chi connectivity index (χ3v) is 7.87. The predicted molar refractivity (Wildman–Crippen MR) is 130 cm³/mol. The summed E-state index contributed by atoms with van der Waals surface area (Å²) in [7, 11) is 0. The van der Waals surface area contributed by atoms with E-state index in [4.69, 9.17) is 10.2 Å². The molecule has 174 valence electrons. The lowest BCUT2D eigenvalue weighted by Crippen LogP contribution is -2.41. The number of anilines is 1. The van der Waals surface area contributed by atoms with Gasteiger partial charge in [0.15, 0.2) is 5.13 Å². The number of rotatable bonds is 9. The summed E-state index contributed by atoms with van der Waals surface area (Å²) in [6, 6.07) is 4.58. The molecule has 0 radical (unpaired) electrons. The molecule has 6 nitrogen and oxygen atoms in total. The fourth-order valence-electron chi connectivity index (χ4n) is 5.19. The van der Waals surface area contributed by atoms with Gasteiger partial charge in [0, 0.05) is 23.0 Å². The van der Waals surface area contributed by atoms with Crippen molar-refractivity contribution in [3.05, 3.63) is 40.8 Å². The second-order valence-corrected chi connectivity index (χ2v) is 10.3. The van der Waals surface area contributed by atoms with Gasteiger partial charge in [-0.1, -0.05) is 6.92 Å². The molecular weight excluding hydrogens is 420 g/mol. The Labute approximate surface area is 195 Å². The Morgan fingerprint density at radius 1 is 1.31 bits per heavy atom. The Balaban J connectivity index is 1.20. The molecule has 4 rings (SSSR count). The van der Waals surface area contributed by atoms with Crippen LogP contribution in [0.2, 0.25) is 0 Å². The molecule has 1 fully saturated rings. The molecule has 2 aromatic heterocycles. The predicted octanol–water partition coefficient (Wildman–Crippen LogP) is 4.67. The molecule has 1 amide bonds. The third kappa shape index (κ3) is 6.23. The number of carbonyl (C=O) groups is 1. The Morgan fingerprint density at radius 3 is 2.91 bits per heavy atom. The van der Waals surface area contributed by atoms with Gasteiger partial charge in [0.2, 0.25) is 5.91 Å². The van der Waals surface area contributed by atoms with E-state index in [1.54, 1.807) is 29.8 Å². The first-order valence-corrected chi connectivity index (χ1v) is 12.9. The number of aryl methyl sites for hydroxylation is 1. The van der Waals surface area contributed by atoms with E-state index in [1.807, 2.05) is 12.1 Å². The topological polar surface area (TPSA) is 84.4 Å². The molecular formula is C25H36N4O2S. The molecule has 2 heterocycles. The van der Waals surface area contributed by atoms with E-state index >= 15 is 0 Å². The lowest BCUT2D eigenvalue weighted by Gasteiger charge is -2.36. The monoisotopic (exact) mass is 456 g/mol. The van der Waals surface area contributed by atoms with Crippen LogP contribution < -0.4 is 11.1 Å². The summed E-state index contributed by atoms with van der Waals surface area (Å²) in [5, 5.41) is 3.88. The summed E-state index contributed by atoms with van der Waals surface area (Å²) < 4.78 is 5.23. The Hall–Kier alpha value is -2.12. The number of hydrogen-bond acceptors (Lipinski definition) is 6. The lowest BCUT2D eigenvalue weighted by molar-refractivity contribution is -0.117. The number of thiazole rings is 1.